The molecule has 0 saturated carbocycles. The molecule has 0 aliphatic carbocycles. The van der Waals surface area contributed by atoms with Crippen molar-refractivity contribution < 1.29 is 38.4 Å². The lowest BCUT2D eigenvalue weighted by molar-refractivity contribution is -0.671. The molecule has 0 atom stereocenters. The molecule has 2 heterocycles. The van der Waals surface area contributed by atoms with Gasteiger partial charge in [-0.2, -0.15) is 0 Å². The number of para-hydroxylation sites is 2. The second kappa shape index (κ2) is 8.35. The van der Waals surface area contributed by atoms with Gasteiger partial charge in [0.1, 0.15) is 24.2 Å². The van der Waals surface area contributed by atoms with Crippen molar-refractivity contribution in [2.75, 3.05) is 0 Å². The van der Waals surface area contributed by atoms with Gasteiger partial charge in [0.05, 0.1) is 11.0 Å². The van der Waals surface area contributed by atoms with Gasteiger partial charge in [-0.1, -0.05) is 42.5 Å². The highest BCUT2D eigenvalue weighted by Crippen LogP contribution is 2.27. The van der Waals surface area contributed by atoms with Crippen LogP contribution in [-0.2, 0) is 7.05 Å². The Balaban J connectivity index is 0.00000225. The third-order valence-corrected chi connectivity index (χ3v) is 4.38. The zero-order chi connectivity index (χ0) is 18.8. The number of carbonyl (C=O) groups is 1. The molecule has 2 N–H and O–H groups in total. The monoisotopic (exact) mass is 483 g/mol. The van der Waals surface area contributed by atoms with Gasteiger partial charge in [-0.15, -0.1) is 0 Å². The number of ketones is 1. The number of aromatic nitrogens is 3. The molecule has 2 aromatic carbocycles. The first kappa shape index (κ1) is 19.8. The van der Waals surface area contributed by atoms with Crippen molar-refractivity contribution in [2.24, 2.45) is 7.05 Å². The van der Waals surface area contributed by atoms with Gasteiger partial charge in [0.25, 0.3) is 0 Å². The van der Waals surface area contributed by atoms with Crippen molar-refractivity contribution in [1.29, 1.82) is 0 Å². The summed E-state index contributed by atoms with van der Waals surface area (Å²) in [6, 6.07) is 20.0. The molecule has 2 aromatic heterocycles. The van der Waals surface area contributed by atoms with Crippen LogP contribution in [0.25, 0.3) is 22.4 Å². The minimum absolute atomic E-state index is 0. The molecule has 140 valence electrons. The van der Waals surface area contributed by atoms with E-state index in [1.807, 2.05) is 54.1 Å². The van der Waals surface area contributed by atoms with Crippen molar-refractivity contribution in [3.8, 4) is 0 Å². The van der Waals surface area contributed by atoms with Crippen LogP contribution in [0.4, 0.5) is 0 Å². The van der Waals surface area contributed by atoms with Crippen molar-refractivity contribution in [3.05, 3.63) is 96.1 Å². The van der Waals surface area contributed by atoms with E-state index < -0.39 is 0 Å². The Bertz CT molecular complexity index is 1120. The highest BCUT2D eigenvalue weighted by molar-refractivity contribution is 6.33. The summed E-state index contributed by atoms with van der Waals surface area (Å²) in [6.07, 6.45) is 3.59. The number of hydrogen-bond acceptors (Lipinski definition) is 3. The highest BCUT2D eigenvalue weighted by Gasteiger charge is 2.24. The molecular weight excluding hydrogens is 465 g/mol. The molecule has 0 aliphatic heterocycles. The maximum absolute atomic E-state index is 13.3. The van der Waals surface area contributed by atoms with Gasteiger partial charge in [-0.25, -0.2) is 9.55 Å². The van der Waals surface area contributed by atoms with Crippen molar-refractivity contribution >= 4 is 28.1 Å². The maximum atomic E-state index is 13.3. The molecule has 0 saturated heterocycles. The zero-order valence-corrected chi connectivity index (χ0v) is 17.3. The van der Waals surface area contributed by atoms with Crippen molar-refractivity contribution in [2.45, 2.75) is 0 Å². The van der Waals surface area contributed by atoms with Gasteiger partial charge in [0.2, 0.25) is 5.78 Å². The SMILES string of the molecule is C[n+]1ccc(C(=O)/C(=C(\O)c2ccccc2)c2nc3ccccc3[nH]2)cc1.[I-]. The minimum Gasteiger partial charge on any atom is -1.00 e. The number of imidazole rings is 1. The number of pyridine rings is 1. The van der Waals surface area contributed by atoms with Crippen molar-refractivity contribution in [3.63, 3.8) is 0 Å². The molecule has 4 aromatic rings. The topological polar surface area (TPSA) is 69.9 Å². The van der Waals surface area contributed by atoms with Gasteiger partial charge in [0, 0.05) is 23.3 Å². The number of carbonyl (C=O) groups excluding carboxylic acids is 1. The molecule has 0 aliphatic rings. The number of aliphatic hydroxyl groups is 1. The van der Waals surface area contributed by atoms with Crippen LogP contribution < -0.4 is 28.5 Å². The predicted octanol–water partition coefficient (Wildman–Crippen LogP) is 0.701. The van der Waals surface area contributed by atoms with E-state index in [9.17, 15) is 9.90 Å². The molecule has 0 spiro atoms. The van der Waals surface area contributed by atoms with Crippen LogP contribution in [0.1, 0.15) is 21.7 Å². The number of benzene rings is 2. The average molecular weight is 483 g/mol. The Kier molecular flexibility index (Phi) is 5.89. The number of Topliss-reactive ketones (excluding diaryl/α,β-unsaturated/α-hetero) is 1. The normalized spacial score (nSPS) is 11.6. The van der Waals surface area contributed by atoms with E-state index in [0.717, 1.165) is 11.0 Å². The number of aromatic amines is 1. The molecule has 0 bridgehead atoms. The van der Waals surface area contributed by atoms with Crippen LogP contribution >= 0.6 is 0 Å². The summed E-state index contributed by atoms with van der Waals surface area (Å²) in [6.45, 7) is 0. The Morgan fingerprint density at radius 3 is 2.25 bits per heavy atom. The van der Waals surface area contributed by atoms with Gasteiger partial charge >= 0.3 is 0 Å². The summed E-state index contributed by atoms with van der Waals surface area (Å²) in [5.74, 6) is -0.0559. The Labute approximate surface area is 179 Å². The Hall–Kier alpha value is -3.00. The minimum atomic E-state index is -0.295. The quantitative estimate of drug-likeness (QED) is 0.148. The second-order valence-corrected chi connectivity index (χ2v) is 6.27. The number of aryl methyl sites for hydroxylation is 1. The lowest BCUT2D eigenvalue weighted by atomic mass is 9.99. The van der Waals surface area contributed by atoms with Gasteiger partial charge in [-0.3, -0.25) is 4.79 Å². The smallest absolute Gasteiger partial charge is 0.200 e. The largest absolute Gasteiger partial charge is 1.00 e. The fraction of sp³-hybridized carbons (Fsp3) is 0.0455. The number of nitrogens with zero attached hydrogens (tertiary/aromatic N) is 2. The predicted molar refractivity (Wildman–Crippen MR) is 104 cm³/mol. The van der Waals surface area contributed by atoms with E-state index in [2.05, 4.69) is 9.97 Å². The first-order valence-electron chi connectivity index (χ1n) is 8.57. The molecular formula is C22H18IN3O2. The van der Waals surface area contributed by atoms with Crippen LogP contribution in [0.3, 0.4) is 0 Å². The number of H-pyrrole nitrogens is 1. The first-order valence-corrected chi connectivity index (χ1v) is 8.57. The van der Waals surface area contributed by atoms with E-state index >= 15 is 0 Å². The number of hydrogen-bond donors (Lipinski definition) is 2. The lowest BCUT2D eigenvalue weighted by Crippen LogP contribution is -3.00. The van der Waals surface area contributed by atoms with Crippen LogP contribution in [0.2, 0.25) is 0 Å². The lowest BCUT2D eigenvalue weighted by Gasteiger charge is -2.08. The van der Waals surface area contributed by atoms with Crippen LogP contribution in [0.15, 0.2) is 79.1 Å². The molecule has 28 heavy (non-hydrogen) atoms. The highest BCUT2D eigenvalue weighted by atomic mass is 127. The summed E-state index contributed by atoms with van der Waals surface area (Å²) in [4.78, 5) is 20.9. The first-order chi connectivity index (χ1) is 13.1. The molecule has 0 fully saturated rings. The molecule has 6 heteroatoms. The van der Waals surface area contributed by atoms with Crippen LogP contribution in [-0.4, -0.2) is 20.9 Å². The van der Waals surface area contributed by atoms with Crippen LogP contribution in [0.5, 0.6) is 0 Å². The fourth-order valence-corrected chi connectivity index (χ4v) is 2.94. The van der Waals surface area contributed by atoms with E-state index in [-0.39, 0.29) is 41.1 Å². The Morgan fingerprint density at radius 2 is 1.57 bits per heavy atom. The summed E-state index contributed by atoms with van der Waals surface area (Å²) in [7, 11) is 1.88. The Morgan fingerprint density at radius 1 is 0.929 bits per heavy atom. The maximum Gasteiger partial charge on any atom is 0.200 e. The standard InChI is InChI=1S/C22H17N3O2.HI/c1-25-13-11-16(12-14-25)21(27)19(20(26)15-7-3-2-4-8-15)22-23-17-9-5-6-10-18(17)24-22;/h2-14,27H,1H3;1H. The number of aliphatic hydroxyl groups excluding tert-OH is 1. The third kappa shape index (κ3) is 3.82. The van der Waals surface area contributed by atoms with Gasteiger partial charge in [-0.05, 0) is 12.1 Å². The average Bonchev–Trinajstić information content (AvgIpc) is 3.12. The zero-order valence-electron chi connectivity index (χ0n) is 15.1. The summed E-state index contributed by atoms with van der Waals surface area (Å²) in [5.41, 5.74) is 2.72. The van der Waals surface area contributed by atoms with E-state index in [1.165, 1.54) is 0 Å². The molecule has 5 nitrogen and oxygen atoms in total. The van der Waals surface area contributed by atoms with Crippen LogP contribution in [0, 0.1) is 0 Å². The van der Waals surface area contributed by atoms with E-state index in [4.69, 9.17) is 0 Å². The summed E-state index contributed by atoms with van der Waals surface area (Å²) < 4.78 is 1.85. The number of fused-ring (bicyclic) bond motifs is 1. The fourth-order valence-electron chi connectivity index (χ4n) is 2.94. The van der Waals surface area contributed by atoms with E-state index in [1.54, 1.807) is 36.7 Å². The van der Waals surface area contributed by atoms with Gasteiger partial charge < -0.3 is 34.1 Å². The molecule has 0 unspecified atom stereocenters. The molecule has 0 radical (unpaired) electrons. The summed E-state index contributed by atoms with van der Waals surface area (Å²) in [5, 5.41) is 10.9. The van der Waals surface area contributed by atoms with Gasteiger partial charge in [0.15, 0.2) is 12.4 Å². The number of allylic oxidation sites excluding steroid dienone is 1. The molecule has 0 amide bonds. The number of nitrogens with one attached hydrogen (secondary N) is 1. The van der Waals surface area contributed by atoms with Crippen molar-refractivity contribution in [1.82, 2.24) is 9.97 Å². The number of rotatable bonds is 4. The number of halogens is 1. The third-order valence-electron chi connectivity index (χ3n) is 4.38. The molecule has 4 rings (SSSR count). The van der Waals surface area contributed by atoms with E-state index in [0.29, 0.717) is 17.0 Å². The summed E-state index contributed by atoms with van der Waals surface area (Å²) >= 11 is 0. The second-order valence-electron chi connectivity index (χ2n) is 6.27.